The van der Waals surface area contributed by atoms with Crippen molar-refractivity contribution in [1.29, 1.82) is 0 Å². The van der Waals surface area contributed by atoms with Crippen LogP contribution in [-0.2, 0) is 0 Å². The van der Waals surface area contributed by atoms with Gasteiger partial charge in [0.1, 0.15) is 6.17 Å². The standard InChI is InChI=1S/C18H25FN2O2/c19-16-6-8-20(11-14-3-1-4-14)12-18(16)7-9-21(13-18)17(22)15-5-2-10-23-15/h2,5,10,14,16H,1,3-4,6-9,11-13H2/t16-,18-/m1/s1. The average Bonchev–Trinajstić information content (AvgIpc) is 3.17. The molecule has 23 heavy (non-hydrogen) atoms. The Kier molecular flexibility index (Phi) is 3.92. The second-order valence-electron chi connectivity index (χ2n) is 7.60. The Labute approximate surface area is 136 Å². The molecule has 5 heteroatoms. The van der Waals surface area contributed by atoms with E-state index in [9.17, 15) is 9.18 Å². The summed E-state index contributed by atoms with van der Waals surface area (Å²) in [4.78, 5) is 16.7. The molecule has 1 spiro atoms. The fourth-order valence-corrected chi connectivity index (χ4v) is 4.43. The second kappa shape index (κ2) is 5.93. The molecule has 0 N–H and O–H groups in total. The third kappa shape index (κ3) is 2.80. The molecule has 1 aromatic rings. The van der Waals surface area contributed by atoms with Crippen molar-refractivity contribution in [2.75, 3.05) is 32.7 Å². The summed E-state index contributed by atoms with van der Waals surface area (Å²) in [6.07, 6.45) is 6.09. The minimum absolute atomic E-state index is 0.102. The van der Waals surface area contributed by atoms with Gasteiger partial charge in [-0.1, -0.05) is 6.42 Å². The number of carbonyl (C=O) groups is 1. The van der Waals surface area contributed by atoms with E-state index in [-0.39, 0.29) is 11.3 Å². The molecule has 1 amide bonds. The van der Waals surface area contributed by atoms with Crippen LogP contribution in [0.1, 0.15) is 42.7 Å². The molecule has 0 bridgehead atoms. The highest BCUT2D eigenvalue weighted by molar-refractivity contribution is 5.91. The number of furan rings is 1. The molecular weight excluding hydrogens is 295 g/mol. The summed E-state index contributed by atoms with van der Waals surface area (Å²) in [6.45, 7) is 3.94. The summed E-state index contributed by atoms with van der Waals surface area (Å²) < 4.78 is 20.0. The number of carbonyl (C=O) groups excluding carboxylic acids is 1. The monoisotopic (exact) mass is 320 g/mol. The summed E-state index contributed by atoms with van der Waals surface area (Å²) in [5.41, 5.74) is -0.371. The van der Waals surface area contributed by atoms with Gasteiger partial charge in [-0.15, -0.1) is 0 Å². The molecule has 0 unspecified atom stereocenters. The van der Waals surface area contributed by atoms with E-state index >= 15 is 0 Å². The SMILES string of the molecule is O=C(c1ccco1)N1CC[C@@]2(CN(CC3CCC3)CC[C@H]2F)C1. The van der Waals surface area contributed by atoms with E-state index in [1.165, 1.54) is 25.5 Å². The summed E-state index contributed by atoms with van der Waals surface area (Å²) in [5.74, 6) is 1.07. The maximum atomic E-state index is 14.7. The van der Waals surface area contributed by atoms with E-state index in [2.05, 4.69) is 4.90 Å². The van der Waals surface area contributed by atoms with Gasteiger partial charge in [0.2, 0.25) is 0 Å². The van der Waals surface area contributed by atoms with Gasteiger partial charge in [-0.3, -0.25) is 4.79 Å². The largest absolute Gasteiger partial charge is 0.459 e. The molecule has 4 nitrogen and oxygen atoms in total. The molecule has 1 aliphatic carbocycles. The van der Waals surface area contributed by atoms with Gasteiger partial charge in [0.15, 0.2) is 5.76 Å². The van der Waals surface area contributed by atoms with Crippen LogP contribution < -0.4 is 0 Å². The first kappa shape index (κ1) is 15.2. The molecule has 2 atom stereocenters. The van der Waals surface area contributed by atoms with Crippen LogP contribution in [0, 0.1) is 11.3 Å². The molecule has 4 rings (SSSR count). The topological polar surface area (TPSA) is 36.7 Å². The second-order valence-corrected chi connectivity index (χ2v) is 7.60. The smallest absolute Gasteiger partial charge is 0.289 e. The number of hydrogen-bond donors (Lipinski definition) is 0. The number of nitrogens with zero attached hydrogens (tertiary/aromatic N) is 2. The molecule has 1 saturated carbocycles. The van der Waals surface area contributed by atoms with E-state index in [1.807, 2.05) is 0 Å². The van der Waals surface area contributed by atoms with Gasteiger partial charge in [-0.05, 0) is 43.7 Å². The van der Waals surface area contributed by atoms with E-state index in [1.54, 1.807) is 17.0 Å². The third-order valence-electron chi connectivity index (χ3n) is 6.05. The summed E-state index contributed by atoms with van der Waals surface area (Å²) >= 11 is 0. The number of alkyl halides is 1. The Balaban J connectivity index is 1.43. The van der Waals surface area contributed by atoms with Gasteiger partial charge >= 0.3 is 0 Å². The molecule has 2 aliphatic heterocycles. The minimum Gasteiger partial charge on any atom is -0.459 e. The first-order valence-corrected chi connectivity index (χ1v) is 8.85. The van der Waals surface area contributed by atoms with Crippen LogP contribution in [0.2, 0.25) is 0 Å². The quantitative estimate of drug-likeness (QED) is 0.859. The number of rotatable bonds is 3. The minimum atomic E-state index is -0.797. The van der Waals surface area contributed by atoms with Crippen molar-refractivity contribution in [1.82, 2.24) is 9.80 Å². The van der Waals surface area contributed by atoms with Crippen molar-refractivity contribution < 1.29 is 13.6 Å². The molecule has 2 saturated heterocycles. The molecule has 1 aromatic heterocycles. The normalized spacial score (nSPS) is 32.4. The van der Waals surface area contributed by atoms with Crippen LogP contribution in [0.5, 0.6) is 0 Å². The zero-order valence-corrected chi connectivity index (χ0v) is 13.5. The Hall–Kier alpha value is -1.36. The molecule has 3 fully saturated rings. The maximum Gasteiger partial charge on any atom is 0.289 e. The van der Waals surface area contributed by atoms with Gasteiger partial charge in [0.25, 0.3) is 5.91 Å². The number of piperidine rings is 1. The van der Waals surface area contributed by atoms with Crippen molar-refractivity contribution in [3.8, 4) is 0 Å². The highest BCUT2D eigenvalue weighted by Gasteiger charge is 2.49. The Morgan fingerprint density at radius 1 is 1.30 bits per heavy atom. The lowest BCUT2D eigenvalue weighted by Gasteiger charge is -2.44. The molecule has 0 radical (unpaired) electrons. The molecular formula is C18H25FN2O2. The molecule has 0 aromatic carbocycles. The molecule has 3 aliphatic rings. The highest BCUT2D eigenvalue weighted by atomic mass is 19.1. The molecule has 3 heterocycles. The average molecular weight is 320 g/mol. The lowest BCUT2D eigenvalue weighted by Crippen LogP contribution is -2.53. The van der Waals surface area contributed by atoms with Gasteiger partial charge in [-0.25, -0.2) is 4.39 Å². The maximum absolute atomic E-state index is 14.7. The van der Waals surface area contributed by atoms with Crippen LogP contribution in [0.15, 0.2) is 22.8 Å². The van der Waals surface area contributed by atoms with Crippen LogP contribution in [0.4, 0.5) is 4.39 Å². The van der Waals surface area contributed by atoms with Gasteiger partial charge in [0, 0.05) is 38.1 Å². The van der Waals surface area contributed by atoms with E-state index in [0.29, 0.717) is 25.3 Å². The van der Waals surface area contributed by atoms with Crippen LogP contribution in [0.25, 0.3) is 0 Å². The summed E-state index contributed by atoms with van der Waals surface area (Å²) in [6, 6.07) is 3.40. The van der Waals surface area contributed by atoms with Crippen LogP contribution in [-0.4, -0.2) is 54.6 Å². The first-order chi connectivity index (χ1) is 11.2. The van der Waals surface area contributed by atoms with E-state index in [4.69, 9.17) is 4.42 Å². The number of amides is 1. The van der Waals surface area contributed by atoms with Crippen LogP contribution >= 0.6 is 0 Å². The fraction of sp³-hybridized carbons (Fsp3) is 0.722. The zero-order valence-electron chi connectivity index (χ0n) is 13.5. The lowest BCUT2D eigenvalue weighted by atomic mass is 9.76. The summed E-state index contributed by atoms with van der Waals surface area (Å²) in [7, 11) is 0. The van der Waals surface area contributed by atoms with E-state index < -0.39 is 6.17 Å². The van der Waals surface area contributed by atoms with Gasteiger partial charge < -0.3 is 14.2 Å². The molecule has 126 valence electrons. The number of halogens is 1. The van der Waals surface area contributed by atoms with Crippen molar-refractivity contribution in [3.05, 3.63) is 24.2 Å². The Morgan fingerprint density at radius 2 is 2.17 bits per heavy atom. The fourth-order valence-electron chi connectivity index (χ4n) is 4.43. The zero-order chi connectivity index (χ0) is 15.9. The lowest BCUT2D eigenvalue weighted by molar-refractivity contribution is -0.00123. The third-order valence-corrected chi connectivity index (χ3v) is 6.05. The highest BCUT2D eigenvalue weighted by Crippen LogP contribution is 2.42. The Bertz CT molecular complexity index is 557. The van der Waals surface area contributed by atoms with Crippen molar-refractivity contribution in [2.24, 2.45) is 11.3 Å². The van der Waals surface area contributed by atoms with Crippen LogP contribution in [0.3, 0.4) is 0 Å². The van der Waals surface area contributed by atoms with E-state index in [0.717, 1.165) is 32.0 Å². The van der Waals surface area contributed by atoms with Gasteiger partial charge in [-0.2, -0.15) is 0 Å². The van der Waals surface area contributed by atoms with Gasteiger partial charge in [0.05, 0.1) is 6.26 Å². The van der Waals surface area contributed by atoms with Crippen molar-refractivity contribution >= 4 is 5.91 Å². The predicted octanol–water partition coefficient (Wildman–Crippen LogP) is 2.96. The summed E-state index contributed by atoms with van der Waals surface area (Å²) in [5, 5.41) is 0. The Morgan fingerprint density at radius 3 is 2.87 bits per heavy atom. The predicted molar refractivity (Wildman–Crippen MR) is 85.0 cm³/mol. The first-order valence-electron chi connectivity index (χ1n) is 8.85. The van der Waals surface area contributed by atoms with Crippen molar-refractivity contribution in [3.63, 3.8) is 0 Å². The van der Waals surface area contributed by atoms with Crippen molar-refractivity contribution in [2.45, 2.75) is 38.3 Å². The number of hydrogen-bond acceptors (Lipinski definition) is 3. The number of likely N-dealkylation sites (tertiary alicyclic amines) is 2.